The van der Waals surface area contributed by atoms with Crippen LogP contribution < -0.4 is 5.32 Å². The standard InChI is InChI=1S/C39H67NO3S.C2H6.CH4/c1-27(2)12-10-11-13-29-15-17-33-32-16-14-30-24-31(18-20-39(30,9)34(32)19-21-38(29,33)8)44-26-35(42)40-36(4,5)22-23-43-37(6,7)25-28(3)41;1-2;/h14,27,29,31-34H,10-13,15-26H2,1-9H3,(H,40,42);1-2H3;1H4. The summed E-state index contributed by atoms with van der Waals surface area (Å²) in [6, 6.07) is 0. The molecule has 1 amide bonds. The summed E-state index contributed by atoms with van der Waals surface area (Å²) in [7, 11) is 0. The Morgan fingerprint density at radius 1 is 1.02 bits per heavy atom. The first-order valence-corrected chi connectivity index (χ1v) is 20.3. The Morgan fingerprint density at radius 2 is 1.72 bits per heavy atom. The third-order valence-electron chi connectivity index (χ3n) is 12.7. The summed E-state index contributed by atoms with van der Waals surface area (Å²) in [4.78, 5) is 24.5. The van der Waals surface area contributed by atoms with Crippen LogP contribution in [-0.2, 0) is 14.3 Å². The van der Waals surface area contributed by atoms with Crippen molar-refractivity contribution in [1.29, 1.82) is 0 Å². The summed E-state index contributed by atoms with van der Waals surface area (Å²) in [5.74, 6) is 5.26. The molecule has 3 saturated carbocycles. The molecule has 7 unspecified atom stereocenters. The van der Waals surface area contributed by atoms with Gasteiger partial charge >= 0.3 is 0 Å². The fraction of sp³-hybridized carbons (Fsp3) is 0.905. The molecular formula is C42H77NO3S. The van der Waals surface area contributed by atoms with Gasteiger partial charge in [0.1, 0.15) is 5.78 Å². The number of fused-ring (bicyclic) bond motifs is 5. The normalized spacial score (nSPS) is 31.7. The van der Waals surface area contributed by atoms with Gasteiger partial charge in [-0.25, -0.2) is 0 Å². The first-order chi connectivity index (χ1) is 21.5. The highest BCUT2D eigenvalue weighted by Gasteiger charge is 2.58. The van der Waals surface area contributed by atoms with Crippen molar-refractivity contribution in [3.05, 3.63) is 11.6 Å². The van der Waals surface area contributed by atoms with E-state index in [1.165, 1.54) is 77.0 Å². The van der Waals surface area contributed by atoms with E-state index in [1.54, 1.807) is 12.5 Å². The number of nitrogens with one attached hydrogen (secondary N) is 1. The van der Waals surface area contributed by atoms with E-state index in [1.807, 2.05) is 39.5 Å². The van der Waals surface area contributed by atoms with Gasteiger partial charge in [-0.1, -0.05) is 79.9 Å². The third kappa shape index (κ3) is 11.1. The van der Waals surface area contributed by atoms with Crippen molar-refractivity contribution in [1.82, 2.24) is 5.32 Å². The molecule has 5 heteroatoms. The number of ether oxygens (including phenoxy) is 1. The number of unbranched alkanes of at least 4 members (excludes halogenated alkanes) is 1. The van der Waals surface area contributed by atoms with Crippen LogP contribution in [-0.4, -0.2) is 40.4 Å². The highest BCUT2D eigenvalue weighted by Crippen LogP contribution is 2.67. The zero-order valence-corrected chi connectivity index (χ0v) is 32.8. The zero-order chi connectivity index (χ0) is 34.3. The number of Topliss-reactive ketones (excluding diaryl/α,β-unsaturated/α-hetero) is 1. The predicted octanol–water partition coefficient (Wildman–Crippen LogP) is 11.6. The number of carbonyl (C=O) groups excluding carboxylic acids is 2. The van der Waals surface area contributed by atoms with E-state index < -0.39 is 5.60 Å². The van der Waals surface area contributed by atoms with Crippen molar-refractivity contribution < 1.29 is 14.3 Å². The lowest BCUT2D eigenvalue weighted by atomic mass is 9.47. The topological polar surface area (TPSA) is 55.4 Å². The van der Waals surface area contributed by atoms with Gasteiger partial charge in [0.05, 0.1) is 11.4 Å². The Balaban J connectivity index is 0.00000251. The summed E-state index contributed by atoms with van der Waals surface area (Å²) in [6.07, 6.45) is 20.3. The van der Waals surface area contributed by atoms with Crippen molar-refractivity contribution >= 4 is 23.5 Å². The van der Waals surface area contributed by atoms with Crippen molar-refractivity contribution in [2.75, 3.05) is 12.4 Å². The van der Waals surface area contributed by atoms with Crippen LogP contribution in [0.4, 0.5) is 0 Å². The highest BCUT2D eigenvalue weighted by molar-refractivity contribution is 8.00. The van der Waals surface area contributed by atoms with Gasteiger partial charge in [-0.3, -0.25) is 9.59 Å². The molecule has 0 aromatic heterocycles. The highest BCUT2D eigenvalue weighted by atomic mass is 32.2. The molecule has 0 heterocycles. The van der Waals surface area contributed by atoms with Crippen molar-refractivity contribution in [2.45, 2.75) is 190 Å². The van der Waals surface area contributed by atoms with Gasteiger partial charge in [0.15, 0.2) is 0 Å². The zero-order valence-electron chi connectivity index (χ0n) is 32.0. The minimum atomic E-state index is -0.464. The summed E-state index contributed by atoms with van der Waals surface area (Å²) in [5, 5.41) is 3.80. The SMILES string of the molecule is C.CC.CC(=O)CC(C)(C)OCCC(C)(C)NC(=O)CSC1CCC2(C)C(=CCC3C2CCC2(C)C(CCCCC(C)C)CCC32)C1. The lowest BCUT2D eigenvalue weighted by Crippen LogP contribution is -2.50. The van der Waals surface area contributed by atoms with Gasteiger partial charge in [-0.15, -0.1) is 11.8 Å². The molecule has 4 nitrogen and oxygen atoms in total. The first-order valence-electron chi connectivity index (χ1n) is 19.3. The maximum Gasteiger partial charge on any atom is 0.230 e. The molecule has 0 aromatic rings. The lowest BCUT2D eigenvalue weighted by molar-refractivity contribution is -0.123. The molecule has 4 aliphatic rings. The summed E-state index contributed by atoms with van der Waals surface area (Å²) >= 11 is 1.87. The maximum absolute atomic E-state index is 13.0. The quantitative estimate of drug-likeness (QED) is 0.139. The molecule has 1 N–H and O–H groups in total. The molecule has 4 rings (SSSR count). The smallest absolute Gasteiger partial charge is 0.230 e. The molecule has 47 heavy (non-hydrogen) atoms. The van der Waals surface area contributed by atoms with Crippen molar-refractivity contribution in [3.8, 4) is 0 Å². The minimum absolute atomic E-state index is 0. The van der Waals surface area contributed by atoms with E-state index >= 15 is 0 Å². The van der Waals surface area contributed by atoms with Crippen LogP contribution in [0.15, 0.2) is 11.6 Å². The summed E-state index contributed by atoms with van der Waals surface area (Å²) < 4.78 is 5.99. The molecule has 274 valence electrons. The fourth-order valence-electron chi connectivity index (χ4n) is 10.2. The van der Waals surface area contributed by atoms with Gasteiger partial charge in [-0.2, -0.15) is 0 Å². The number of carbonyl (C=O) groups is 2. The third-order valence-corrected chi connectivity index (χ3v) is 14.0. The molecule has 0 aliphatic heterocycles. The van der Waals surface area contributed by atoms with E-state index in [0.717, 1.165) is 36.0 Å². The monoisotopic (exact) mass is 676 g/mol. The molecule has 0 aromatic carbocycles. The van der Waals surface area contributed by atoms with Crippen molar-refractivity contribution in [2.24, 2.45) is 40.4 Å². The van der Waals surface area contributed by atoms with Gasteiger partial charge in [0.2, 0.25) is 5.91 Å². The minimum Gasteiger partial charge on any atom is -0.375 e. The van der Waals surface area contributed by atoms with Gasteiger partial charge in [-0.05, 0) is 139 Å². The number of ketones is 1. The molecule has 0 radical (unpaired) electrons. The number of thioether (sulfide) groups is 1. The lowest BCUT2D eigenvalue weighted by Gasteiger charge is -2.58. The molecule has 0 saturated heterocycles. The summed E-state index contributed by atoms with van der Waals surface area (Å²) in [6.45, 7) is 24.2. The Labute approximate surface area is 296 Å². The van der Waals surface area contributed by atoms with E-state index in [4.69, 9.17) is 4.74 Å². The van der Waals surface area contributed by atoms with Gasteiger partial charge in [0.25, 0.3) is 0 Å². The largest absolute Gasteiger partial charge is 0.375 e. The van der Waals surface area contributed by atoms with Crippen LogP contribution in [0.3, 0.4) is 0 Å². The molecule has 0 spiro atoms. The Hall–Kier alpha value is -0.810. The van der Waals surface area contributed by atoms with Crippen molar-refractivity contribution in [3.63, 3.8) is 0 Å². The van der Waals surface area contributed by atoms with E-state index in [0.29, 0.717) is 34.9 Å². The number of allylic oxidation sites excluding steroid dienone is 2. The second-order valence-corrected chi connectivity index (χ2v) is 18.9. The molecule has 0 bridgehead atoms. The van der Waals surface area contributed by atoms with Crippen LogP contribution in [0.25, 0.3) is 0 Å². The Kier molecular flexibility index (Phi) is 16.1. The summed E-state index contributed by atoms with van der Waals surface area (Å²) in [5.41, 5.74) is 1.87. The number of amides is 1. The average molecular weight is 676 g/mol. The Bertz CT molecular complexity index is 1030. The second kappa shape index (κ2) is 17.9. The van der Waals surface area contributed by atoms with Crippen LogP contribution in [0.5, 0.6) is 0 Å². The van der Waals surface area contributed by atoms with Crippen LogP contribution in [0.1, 0.15) is 173 Å². The van der Waals surface area contributed by atoms with E-state index in [2.05, 4.69) is 52.9 Å². The molecule has 3 fully saturated rings. The Morgan fingerprint density at radius 3 is 2.38 bits per heavy atom. The van der Waals surface area contributed by atoms with Gasteiger partial charge in [0, 0.05) is 23.8 Å². The first kappa shape index (κ1) is 42.4. The van der Waals surface area contributed by atoms with Crippen LogP contribution in [0, 0.1) is 40.4 Å². The van der Waals surface area contributed by atoms with E-state index in [-0.39, 0.29) is 24.7 Å². The van der Waals surface area contributed by atoms with E-state index in [9.17, 15) is 9.59 Å². The number of hydrogen-bond acceptors (Lipinski definition) is 4. The predicted molar refractivity (Wildman–Crippen MR) is 205 cm³/mol. The maximum atomic E-state index is 13.0. The molecule has 7 atom stereocenters. The number of rotatable bonds is 15. The average Bonchev–Trinajstić information content (AvgIpc) is 3.30. The van der Waals surface area contributed by atoms with Gasteiger partial charge < -0.3 is 10.1 Å². The fourth-order valence-corrected chi connectivity index (χ4v) is 11.2. The molecular weight excluding hydrogens is 599 g/mol. The molecule has 4 aliphatic carbocycles. The number of hydrogen-bond donors (Lipinski definition) is 1. The second-order valence-electron chi connectivity index (χ2n) is 17.6. The van der Waals surface area contributed by atoms with Crippen LogP contribution >= 0.6 is 11.8 Å². The van der Waals surface area contributed by atoms with Crippen LogP contribution in [0.2, 0.25) is 0 Å².